The van der Waals surface area contributed by atoms with Crippen molar-refractivity contribution in [3.8, 4) is 5.75 Å². The number of amides is 3. The number of likely N-dealkylation sites (N-methyl/N-ethyl adjacent to an activating group) is 1. The summed E-state index contributed by atoms with van der Waals surface area (Å²) in [5, 5.41) is 28.6. The molecule has 1 fully saturated rings. The Bertz CT molecular complexity index is 1270. The van der Waals surface area contributed by atoms with Crippen molar-refractivity contribution in [1.29, 1.82) is 0 Å². The number of aliphatic hydroxyl groups is 2. The number of urea groups is 1. The van der Waals surface area contributed by atoms with Crippen molar-refractivity contribution in [2.45, 2.75) is 63.8 Å². The fraction of sp³-hybridized carbons (Fsp3) is 0.536. The lowest BCUT2D eigenvalue weighted by Crippen LogP contribution is -2.47. The van der Waals surface area contributed by atoms with Crippen LogP contribution >= 0.6 is 0 Å². The molecule has 4 rings (SSSR count). The number of methoxy groups -OCH3 is 1. The number of rotatable bonds is 10. The fourth-order valence-electron chi connectivity index (χ4n) is 5.10. The van der Waals surface area contributed by atoms with E-state index in [0.717, 1.165) is 25.7 Å². The van der Waals surface area contributed by atoms with Gasteiger partial charge in [0, 0.05) is 26.1 Å². The molecule has 3 amide bonds. The largest absolute Gasteiger partial charge is 0.494 e. The van der Waals surface area contributed by atoms with Crippen LogP contribution in [0.25, 0.3) is 0 Å². The number of hydrogen-bond acceptors (Lipinski definition) is 9. The van der Waals surface area contributed by atoms with Gasteiger partial charge in [0.1, 0.15) is 23.3 Å². The van der Waals surface area contributed by atoms with E-state index in [0.29, 0.717) is 29.2 Å². The van der Waals surface area contributed by atoms with E-state index < -0.39 is 24.4 Å². The molecule has 4 N–H and O–H groups in total. The molecule has 12 nitrogen and oxygen atoms in total. The van der Waals surface area contributed by atoms with Gasteiger partial charge in [0.15, 0.2) is 11.6 Å². The Morgan fingerprint density at radius 3 is 2.68 bits per heavy atom. The van der Waals surface area contributed by atoms with E-state index in [1.807, 2.05) is 0 Å². The maximum absolute atomic E-state index is 13.7. The standard InChI is InChI=1S/C28H37FN6O6/c1-16-31-22(11-24(32-16)27(38)30-13-17-4-9-21(29)26(10-17)40-3)23-12-25(41-34-23)18-5-7-19(8-6-18)33-28(39)35(2)14-20(37)15-36/h4,9-11,18-20,25,36-37H,5-8,12-15H2,1-3H3,(H,30,38)(H,33,39)/t18-,19-,20?,25?. The second kappa shape index (κ2) is 13.7. The van der Waals surface area contributed by atoms with Crippen LogP contribution in [0, 0.1) is 18.7 Å². The third-order valence-electron chi connectivity index (χ3n) is 7.39. The molecule has 0 saturated heterocycles. The lowest BCUT2D eigenvalue weighted by atomic mass is 9.81. The summed E-state index contributed by atoms with van der Waals surface area (Å²) in [4.78, 5) is 41.1. The average Bonchev–Trinajstić information content (AvgIpc) is 3.47. The highest BCUT2D eigenvalue weighted by atomic mass is 19.1. The van der Waals surface area contributed by atoms with Crippen molar-refractivity contribution in [3.05, 3.63) is 52.9 Å². The van der Waals surface area contributed by atoms with Gasteiger partial charge < -0.3 is 35.3 Å². The van der Waals surface area contributed by atoms with Gasteiger partial charge >= 0.3 is 6.03 Å². The number of aromatic nitrogens is 2. The molecule has 1 aromatic carbocycles. The van der Waals surface area contributed by atoms with Gasteiger partial charge in [-0.05, 0) is 62.3 Å². The zero-order valence-electron chi connectivity index (χ0n) is 23.5. The molecule has 1 aliphatic carbocycles. The number of hydrogen-bond donors (Lipinski definition) is 4. The number of carbonyl (C=O) groups excluding carboxylic acids is 2. The van der Waals surface area contributed by atoms with E-state index in [9.17, 15) is 19.1 Å². The first-order valence-electron chi connectivity index (χ1n) is 13.7. The monoisotopic (exact) mass is 572 g/mol. The predicted molar refractivity (Wildman–Crippen MR) is 147 cm³/mol. The number of aryl methyl sites for hydroxylation is 1. The molecule has 0 radical (unpaired) electrons. The Hall–Kier alpha value is -3.84. The summed E-state index contributed by atoms with van der Waals surface area (Å²) < 4.78 is 18.7. The minimum absolute atomic E-state index is 0.0239. The molecule has 1 aromatic heterocycles. The SMILES string of the molecule is COc1cc(CNC(=O)c2cc(C3=NOC([C@H]4CC[C@H](NC(=O)N(C)CC(O)CO)CC4)C3)nc(C)n2)ccc1F. The van der Waals surface area contributed by atoms with Gasteiger partial charge in [-0.2, -0.15) is 0 Å². The summed E-state index contributed by atoms with van der Waals surface area (Å²) >= 11 is 0. The number of carbonyl (C=O) groups is 2. The van der Waals surface area contributed by atoms with E-state index in [1.54, 1.807) is 26.1 Å². The number of halogens is 1. The molecule has 2 atom stereocenters. The van der Waals surface area contributed by atoms with E-state index in [2.05, 4.69) is 25.8 Å². The third-order valence-corrected chi connectivity index (χ3v) is 7.39. The summed E-state index contributed by atoms with van der Waals surface area (Å²) in [6.07, 6.45) is 2.75. The minimum atomic E-state index is -0.967. The summed E-state index contributed by atoms with van der Waals surface area (Å²) in [6, 6.07) is 5.73. The van der Waals surface area contributed by atoms with Gasteiger partial charge in [0.25, 0.3) is 5.91 Å². The van der Waals surface area contributed by atoms with E-state index in [4.69, 9.17) is 14.7 Å². The van der Waals surface area contributed by atoms with E-state index >= 15 is 0 Å². The fourth-order valence-corrected chi connectivity index (χ4v) is 5.10. The van der Waals surface area contributed by atoms with Gasteiger partial charge in [-0.15, -0.1) is 0 Å². The summed E-state index contributed by atoms with van der Waals surface area (Å²) in [5.41, 5.74) is 2.06. The number of oxime groups is 1. The topological polar surface area (TPSA) is 158 Å². The molecule has 41 heavy (non-hydrogen) atoms. The number of nitrogens with zero attached hydrogens (tertiary/aromatic N) is 4. The normalized spacial score (nSPS) is 20.9. The zero-order chi connectivity index (χ0) is 29.5. The predicted octanol–water partition coefficient (Wildman–Crippen LogP) is 1.91. The summed E-state index contributed by atoms with van der Waals surface area (Å²) in [7, 11) is 2.96. The maximum atomic E-state index is 13.7. The lowest BCUT2D eigenvalue weighted by molar-refractivity contribution is 0.0234. The highest BCUT2D eigenvalue weighted by Gasteiger charge is 2.34. The van der Waals surface area contributed by atoms with E-state index in [-0.39, 0.29) is 48.6 Å². The molecule has 0 bridgehead atoms. The molecule has 1 aliphatic heterocycles. The zero-order valence-corrected chi connectivity index (χ0v) is 23.5. The lowest BCUT2D eigenvalue weighted by Gasteiger charge is -2.32. The van der Waals surface area contributed by atoms with Crippen molar-refractivity contribution < 1.29 is 33.8 Å². The first-order chi connectivity index (χ1) is 19.7. The molecule has 222 valence electrons. The molecular formula is C28H37FN6O6. The Morgan fingerprint density at radius 1 is 1.22 bits per heavy atom. The number of nitrogens with one attached hydrogen (secondary N) is 2. The highest BCUT2D eigenvalue weighted by molar-refractivity contribution is 6.01. The van der Waals surface area contributed by atoms with Crippen LogP contribution in [0.2, 0.25) is 0 Å². The molecule has 2 heterocycles. The first-order valence-corrected chi connectivity index (χ1v) is 13.7. The first kappa shape index (κ1) is 30.1. The molecule has 1 saturated carbocycles. The van der Waals surface area contributed by atoms with Crippen molar-refractivity contribution >= 4 is 17.6 Å². The van der Waals surface area contributed by atoms with Crippen LogP contribution < -0.4 is 15.4 Å². The molecule has 0 spiro atoms. The van der Waals surface area contributed by atoms with Crippen LogP contribution in [0.3, 0.4) is 0 Å². The molecular weight excluding hydrogens is 535 g/mol. The molecule has 2 unspecified atom stereocenters. The van der Waals surface area contributed by atoms with E-state index in [1.165, 1.54) is 24.1 Å². The van der Waals surface area contributed by atoms with Crippen molar-refractivity contribution in [2.75, 3.05) is 27.3 Å². The van der Waals surface area contributed by atoms with Crippen LogP contribution in [0.1, 0.15) is 59.7 Å². The Morgan fingerprint density at radius 2 is 1.98 bits per heavy atom. The van der Waals surface area contributed by atoms with Crippen LogP contribution in [0.4, 0.5) is 9.18 Å². The van der Waals surface area contributed by atoms with Crippen molar-refractivity contribution in [3.63, 3.8) is 0 Å². The van der Waals surface area contributed by atoms with Crippen LogP contribution in [-0.2, 0) is 11.4 Å². The van der Waals surface area contributed by atoms with Gasteiger partial charge in [0.05, 0.1) is 32.1 Å². The van der Waals surface area contributed by atoms with Gasteiger partial charge in [-0.1, -0.05) is 11.2 Å². The number of ether oxygens (including phenoxy) is 1. The smallest absolute Gasteiger partial charge is 0.317 e. The van der Waals surface area contributed by atoms with Crippen molar-refractivity contribution in [2.24, 2.45) is 11.1 Å². The maximum Gasteiger partial charge on any atom is 0.317 e. The number of benzene rings is 1. The average molecular weight is 573 g/mol. The molecule has 2 aliphatic rings. The van der Waals surface area contributed by atoms with Gasteiger partial charge in [-0.3, -0.25) is 4.79 Å². The second-order valence-corrected chi connectivity index (χ2v) is 10.5. The summed E-state index contributed by atoms with van der Waals surface area (Å²) in [5.74, 6) is -0.0813. The Balaban J connectivity index is 1.28. The third kappa shape index (κ3) is 7.88. The van der Waals surface area contributed by atoms with Crippen molar-refractivity contribution in [1.82, 2.24) is 25.5 Å². The number of aliphatic hydroxyl groups excluding tert-OH is 2. The highest BCUT2D eigenvalue weighted by Crippen LogP contribution is 2.33. The Labute approximate surface area is 237 Å². The minimum Gasteiger partial charge on any atom is -0.494 e. The molecule has 2 aromatic rings. The van der Waals surface area contributed by atoms with Crippen LogP contribution in [0.15, 0.2) is 29.4 Å². The quantitative estimate of drug-likeness (QED) is 0.336. The Kier molecular flexibility index (Phi) is 10.1. The van der Waals surface area contributed by atoms with Gasteiger partial charge in [-0.25, -0.2) is 19.2 Å². The van der Waals surface area contributed by atoms with Crippen LogP contribution in [-0.4, -0.2) is 88.3 Å². The summed E-state index contributed by atoms with van der Waals surface area (Å²) in [6.45, 7) is 1.54. The van der Waals surface area contributed by atoms with Gasteiger partial charge in [0.2, 0.25) is 0 Å². The molecule has 13 heteroatoms. The van der Waals surface area contributed by atoms with Crippen LogP contribution in [0.5, 0.6) is 5.75 Å². The second-order valence-electron chi connectivity index (χ2n) is 10.5.